The van der Waals surface area contributed by atoms with E-state index in [-0.39, 0.29) is 6.04 Å². The Labute approximate surface area is 134 Å². The number of aromatic nitrogens is 2. The van der Waals surface area contributed by atoms with Gasteiger partial charge in [-0.3, -0.25) is 4.68 Å². The average Bonchev–Trinajstić information content (AvgIpc) is 2.74. The zero-order chi connectivity index (χ0) is 15.0. The van der Waals surface area contributed by atoms with Crippen molar-refractivity contribution in [2.75, 3.05) is 11.4 Å². The molecule has 1 atom stereocenters. The molecule has 0 spiro atoms. The van der Waals surface area contributed by atoms with Crippen molar-refractivity contribution >= 4 is 21.6 Å². The Morgan fingerprint density at radius 2 is 2.14 bits per heavy atom. The topological polar surface area (TPSA) is 47.1 Å². The van der Waals surface area contributed by atoms with Crippen molar-refractivity contribution in [1.82, 2.24) is 9.78 Å². The second-order valence-electron chi connectivity index (χ2n) is 5.66. The normalized spacial score (nSPS) is 17.9. The Hall–Kier alpha value is -1.33. The lowest BCUT2D eigenvalue weighted by Crippen LogP contribution is -2.43. The predicted octanol–water partition coefficient (Wildman–Crippen LogP) is 2.64. The number of hydrogen-bond acceptors (Lipinski definition) is 3. The minimum Gasteiger partial charge on any atom is -0.364 e. The molecule has 21 heavy (non-hydrogen) atoms. The van der Waals surface area contributed by atoms with Crippen molar-refractivity contribution in [2.45, 2.75) is 32.4 Å². The monoisotopic (exact) mass is 348 g/mol. The Morgan fingerprint density at radius 1 is 1.38 bits per heavy atom. The first-order valence-electron chi connectivity index (χ1n) is 7.38. The Kier molecular flexibility index (Phi) is 4.04. The summed E-state index contributed by atoms with van der Waals surface area (Å²) >= 11 is 3.70. The molecule has 0 aliphatic carbocycles. The molecule has 1 unspecified atom stereocenters. The van der Waals surface area contributed by atoms with E-state index in [9.17, 15) is 0 Å². The highest BCUT2D eigenvalue weighted by molar-refractivity contribution is 9.10. The SMILES string of the molecule is CCc1nn(C)c(CN2CC(N)Cc3ccccc32)c1Br. The van der Waals surface area contributed by atoms with Crippen LogP contribution < -0.4 is 10.6 Å². The number of nitrogens with two attached hydrogens (primary N) is 1. The number of rotatable bonds is 3. The third-order valence-corrected chi connectivity index (χ3v) is 5.03. The number of hydrogen-bond donors (Lipinski definition) is 1. The Balaban J connectivity index is 1.94. The van der Waals surface area contributed by atoms with E-state index < -0.39 is 0 Å². The lowest BCUT2D eigenvalue weighted by molar-refractivity contribution is 0.582. The van der Waals surface area contributed by atoms with E-state index >= 15 is 0 Å². The van der Waals surface area contributed by atoms with Crippen molar-refractivity contribution in [3.63, 3.8) is 0 Å². The maximum absolute atomic E-state index is 6.23. The molecule has 2 aromatic rings. The lowest BCUT2D eigenvalue weighted by atomic mass is 9.98. The summed E-state index contributed by atoms with van der Waals surface area (Å²) in [6, 6.07) is 8.74. The first kappa shape index (κ1) is 14.6. The second kappa shape index (κ2) is 5.81. The molecule has 1 aliphatic rings. The third-order valence-electron chi connectivity index (χ3n) is 4.11. The summed E-state index contributed by atoms with van der Waals surface area (Å²) in [5.74, 6) is 0. The first-order chi connectivity index (χ1) is 10.1. The van der Waals surface area contributed by atoms with E-state index in [1.165, 1.54) is 16.9 Å². The summed E-state index contributed by atoms with van der Waals surface area (Å²) < 4.78 is 3.11. The van der Waals surface area contributed by atoms with Gasteiger partial charge in [0, 0.05) is 25.3 Å². The summed E-state index contributed by atoms with van der Waals surface area (Å²) in [5.41, 5.74) is 11.2. The van der Waals surface area contributed by atoms with Gasteiger partial charge in [0.05, 0.1) is 22.4 Å². The van der Waals surface area contributed by atoms with Gasteiger partial charge in [-0.15, -0.1) is 0 Å². The second-order valence-corrected chi connectivity index (χ2v) is 6.45. The number of aryl methyl sites for hydroxylation is 2. The fraction of sp³-hybridized carbons (Fsp3) is 0.438. The highest BCUT2D eigenvalue weighted by atomic mass is 79.9. The van der Waals surface area contributed by atoms with Crippen LogP contribution in [0.1, 0.15) is 23.9 Å². The van der Waals surface area contributed by atoms with E-state index in [0.717, 1.165) is 36.1 Å². The smallest absolute Gasteiger partial charge is 0.0767 e. The van der Waals surface area contributed by atoms with Crippen molar-refractivity contribution < 1.29 is 0 Å². The van der Waals surface area contributed by atoms with Crippen LogP contribution >= 0.6 is 15.9 Å². The number of anilines is 1. The highest BCUT2D eigenvalue weighted by Gasteiger charge is 2.24. The quantitative estimate of drug-likeness (QED) is 0.927. The van der Waals surface area contributed by atoms with Crippen LogP contribution in [-0.2, 0) is 26.4 Å². The van der Waals surface area contributed by atoms with Gasteiger partial charge in [-0.25, -0.2) is 0 Å². The molecule has 3 rings (SSSR count). The van der Waals surface area contributed by atoms with Crippen LogP contribution in [-0.4, -0.2) is 22.4 Å². The van der Waals surface area contributed by atoms with Crippen LogP contribution in [0, 0.1) is 0 Å². The zero-order valence-electron chi connectivity index (χ0n) is 12.5. The fourth-order valence-electron chi connectivity index (χ4n) is 3.04. The van der Waals surface area contributed by atoms with Crippen LogP contribution in [0.25, 0.3) is 0 Å². The molecule has 0 bridgehead atoms. The maximum Gasteiger partial charge on any atom is 0.0767 e. The van der Waals surface area contributed by atoms with Gasteiger partial charge in [-0.1, -0.05) is 25.1 Å². The van der Waals surface area contributed by atoms with Gasteiger partial charge in [0.25, 0.3) is 0 Å². The Bertz CT molecular complexity index is 650. The van der Waals surface area contributed by atoms with Crippen molar-refractivity contribution in [2.24, 2.45) is 12.8 Å². The molecule has 4 nitrogen and oxygen atoms in total. The lowest BCUT2D eigenvalue weighted by Gasteiger charge is -2.34. The van der Waals surface area contributed by atoms with Crippen molar-refractivity contribution in [3.8, 4) is 0 Å². The van der Waals surface area contributed by atoms with E-state index in [1.54, 1.807) is 0 Å². The number of halogens is 1. The van der Waals surface area contributed by atoms with Crippen LogP contribution in [0.2, 0.25) is 0 Å². The summed E-state index contributed by atoms with van der Waals surface area (Å²) in [5, 5.41) is 4.58. The molecule has 1 aromatic heterocycles. The minimum absolute atomic E-state index is 0.192. The van der Waals surface area contributed by atoms with Gasteiger partial charge in [-0.05, 0) is 40.4 Å². The van der Waals surface area contributed by atoms with E-state index in [2.05, 4.69) is 57.1 Å². The molecule has 0 fully saturated rings. The fourth-order valence-corrected chi connectivity index (χ4v) is 3.78. The predicted molar refractivity (Wildman–Crippen MR) is 89.5 cm³/mol. The molecule has 2 N–H and O–H groups in total. The molecule has 0 saturated carbocycles. The molecular weight excluding hydrogens is 328 g/mol. The molecule has 1 aliphatic heterocycles. The van der Waals surface area contributed by atoms with Gasteiger partial charge < -0.3 is 10.6 Å². The van der Waals surface area contributed by atoms with Gasteiger partial charge in [0.2, 0.25) is 0 Å². The summed E-state index contributed by atoms with van der Waals surface area (Å²) in [4.78, 5) is 2.37. The van der Waals surface area contributed by atoms with Crippen LogP contribution in [0.4, 0.5) is 5.69 Å². The van der Waals surface area contributed by atoms with Gasteiger partial charge in [0.15, 0.2) is 0 Å². The molecule has 0 amide bonds. The molecular formula is C16H21BrN4. The zero-order valence-corrected chi connectivity index (χ0v) is 14.1. The molecule has 112 valence electrons. The van der Waals surface area contributed by atoms with Crippen LogP contribution in [0.3, 0.4) is 0 Å². The van der Waals surface area contributed by atoms with Crippen LogP contribution in [0.15, 0.2) is 28.7 Å². The van der Waals surface area contributed by atoms with Crippen LogP contribution in [0.5, 0.6) is 0 Å². The number of nitrogens with zero attached hydrogens (tertiary/aromatic N) is 3. The molecule has 0 saturated heterocycles. The van der Waals surface area contributed by atoms with Crippen molar-refractivity contribution in [3.05, 3.63) is 45.7 Å². The molecule has 2 heterocycles. The van der Waals surface area contributed by atoms with Gasteiger partial charge in [-0.2, -0.15) is 5.10 Å². The van der Waals surface area contributed by atoms with Crippen molar-refractivity contribution in [1.29, 1.82) is 0 Å². The molecule has 5 heteroatoms. The van der Waals surface area contributed by atoms with Gasteiger partial charge >= 0.3 is 0 Å². The molecule has 0 radical (unpaired) electrons. The highest BCUT2D eigenvalue weighted by Crippen LogP contribution is 2.30. The summed E-state index contributed by atoms with van der Waals surface area (Å²) in [6.07, 6.45) is 1.89. The first-order valence-corrected chi connectivity index (χ1v) is 8.18. The Morgan fingerprint density at radius 3 is 2.86 bits per heavy atom. The summed E-state index contributed by atoms with van der Waals surface area (Å²) in [6.45, 7) is 3.84. The van der Waals surface area contributed by atoms with E-state index in [4.69, 9.17) is 5.73 Å². The maximum atomic E-state index is 6.23. The average molecular weight is 349 g/mol. The number of para-hydroxylation sites is 1. The summed E-state index contributed by atoms with van der Waals surface area (Å²) in [7, 11) is 2.01. The minimum atomic E-state index is 0.192. The third kappa shape index (κ3) is 2.72. The number of benzene rings is 1. The largest absolute Gasteiger partial charge is 0.364 e. The van der Waals surface area contributed by atoms with Gasteiger partial charge in [0.1, 0.15) is 0 Å². The van der Waals surface area contributed by atoms with E-state index in [1.807, 2.05) is 11.7 Å². The van der Waals surface area contributed by atoms with E-state index in [0.29, 0.717) is 0 Å². The molecule has 1 aromatic carbocycles. The number of fused-ring (bicyclic) bond motifs is 1. The standard InChI is InChI=1S/C16H21BrN4/c1-3-13-16(17)15(20(2)19-13)10-21-9-12(18)8-11-6-4-5-7-14(11)21/h4-7,12H,3,8-10,18H2,1-2H3.